The van der Waals surface area contributed by atoms with Crippen LogP contribution in [0.4, 0.5) is 13.2 Å². The van der Waals surface area contributed by atoms with Crippen molar-refractivity contribution in [2.75, 3.05) is 13.7 Å². The Bertz CT molecular complexity index is 847. The fourth-order valence-electron chi connectivity index (χ4n) is 2.05. The molecule has 0 radical (unpaired) electrons. The number of carbonyl (C=O) groups excluding carboxylic acids is 2. The van der Waals surface area contributed by atoms with E-state index in [1.54, 1.807) is 6.92 Å². The summed E-state index contributed by atoms with van der Waals surface area (Å²) < 4.78 is 49.0. The molecule has 1 heterocycles. The van der Waals surface area contributed by atoms with Gasteiger partial charge in [-0.15, -0.1) is 0 Å². The largest absolute Gasteiger partial charge is 0.481 e. The lowest BCUT2D eigenvalue weighted by atomic mass is 10.1. The second-order valence-electron chi connectivity index (χ2n) is 5.30. The van der Waals surface area contributed by atoms with Gasteiger partial charge in [-0.05, 0) is 30.7 Å². The third kappa shape index (κ3) is 5.57. The van der Waals surface area contributed by atoms with E-state index < -0.39 is 24.3 Å². The topological polar surface area (TPSA) is 64.6 Å². The molecule has 1 aromatic carbocycles. The molecule has 0 bridgehead atoms. The number of esters is 1. The van der Waals surface area contributed by atoms with Crippen LogP contribution in [0, 0.1) is 0 Å². The van der Waals surface area contributed by atoms with Gasteiger partial charge in [-0.3, -0.25) is 4.79 Å². The van der Waals surface area contributed by atoms with E-state index in [0.29, 0.717) is 14.8 Å². The Morgan fingerprint density at radius 1 is 1.37 bits per heavy atom. The Morgan fingerprint density at radius 2 is 2.07 bits per heavy atom. The summed E-state index contributed by atoms with van der Waals surface area (Å²) in [6.07, 6.45) is -1.68. The second-order valence-corrected chi connectivity index (χ2v) is 6.99. The first-order chi connectivity index (χ1) is 12.6. The summed E-state index contributed by atoms with van der Waals surface area (Å²) in [4.78, 5) is 23.3. The minimum Gasteiger partial charge on any atom is -0.481 e. The van der Waals surface area contributed by atoms with Crippen molar-refractivity contribution in [2.45, 2.75) is 13.1 Å². The molecule has 1 fully saturated rings. The van der Waals surface area contributed by atoms with Crippen molar-refractivity contribution < 1.29 is 32.2 Å². The molecule has 0 saturated carbocycles. The van der Waals surface area contributed by atoms with Gasteiger partial charge in [0, 0.05) is 5.56 Å². The molecule has 1 N–H and O–H groups in total. The summed E-state index contributed by atoms with van der Waals surface area (Å²) in [6.45, 7) is 1.18. The fourth-order valence-corrected chi connectivity index (χ4v) is 3.09. The summed E-state index contributed by atoms with van der Waals surface area (Å²) in [5.74, 6) is -0.962. The van der Waals surface area contributed by atoms with E-state index in [0.717, 1.165) is 30.0 Å². The first-order valence-corrected chi connectivity index (χ1v) is 8.67. The van der Waals surface area contributed by atoms with Gasteiger partial charge < -0.3 is 14.8 Å². The molecule has 10 heteroatoms. The molecule has 1 aliphatic rings. The Hall–Kier alpha value is -2.33. The van der Waals surface area contributed by atoms with Crippen LogP contribution in [0.25, 0.3) is 6.08 Å². The van der Waals surface area contributed by atoms with Crippen molar-refractivity contribution >= 4 is 46.3 Å². The van der Waals surface area contributed by atoms with Gasteiger partial charge in [0.05, 0.1) is 17.6 Å². The highest BCUT2D eigenvalue weighted by Crippen LogP contribution is 2.34. The van der Waals surface area contributed by atoms with Crippen LogP contribution >= 0.6 is 24.0 Å². The average Bonchev–Trinajstić information content (AvgIpc) is 2.95. The third-order valence-electron chi connectivity index (χ3n) is 3.40. The Balaban J connectivity index is 2.36. The summed E-state index contributed by atoms with van der Waals surface area (Å²) >= 11 is 5.98. The Kier molecular flexibility index (Phi) is 6.66. The van der Waals surface area contributed by atoms with E-state index in [9.17, 15) is 22.8 Å². The molecular formula is C17H14F3NO4S2. The van der Waals surface area contributed by atoms with E-state index in [1.807, 2.05) is 0 Å². The highest BCUT2D eigenvalue weighted by molar-refractivity contribution is 8.26. The van der Waals surface area contributed by atoms with Crippen molar-refractivity contribution in [3.05, 3.63) is 45.9 Å². The first kappa shape index (κ1) is 21.0. The number of amides is 1. The molecule has 27 heavy (non-hydrogen) atoms. The van der Waals surface area contributed by atoms with Crippen molar-refractivity contribution in [1.82, 2.24) is 5.32 Å². The average molecular weight is 417 g/mol. The zero-order valence-electron chi connectivity index (χ0n) is 14.2. The standard InChI is InChI=1S/C17H14F3NO4S2/c1-9(14-15(23)21-16(26)27-14)3-4-10-7-11(17(18,19)20)5-6-12(10)25-8-13(22)24-2/h3-7H,8H2,1-2H3,(H,21,23,26). The van der Waals surface area contributed by atoms with Crippen molar-refractivity contribution in [1.29, 1.82) is 0 Å². The van der Waals surface area contributed by atoms with Crippen LogP contribution in [0.15, 0.2) is 34.8 Å². The normalized spacial score (nSPS) is 16.5. The monoisotopic (exact) mass is 417 g/mol. The molecule has 1 saturated heterocycles. The minimum atomic E-state index is -4.54. The lowest BCUT2D eigenvalue weighted by molar-refractivity contribution is -0.143. The Morgan fingerprint density at radius 3 is 2.63 bits per heavy atom. The predicted molar refractivity (Wildman–Crippen MR) is 99.0 cm³/mol. The van der Waals surface area contributed by atoms with E-state index >= 15 is 0 Å². The number of benzene rings is 1. The van der Waals surface area contributed by atoms with Gasteiger partial charge in [0.25, 0.3) is 5.91 Å². The third-order valence-corrected chi connectivity index (χ3v) is 4.75. The van der Waals surface area contributed by atoms with E-state index in [1.165, 1.54) is 19.3 Å². The summed E-state index contributed by atoms with van der Waals surface area (Å²) in [7, 11) is 1.17. The van der Waals surface area contributed by atoms with Crippen LogP contribution in [0.1, 0.15) is 18.1 Å². The number of hydrogen-bond donors (Lipinski definition) is 1. The lowest BCUT2D eigenvalue weighted by Gasteiger charge is -2.12. The molecule has 144 valence electrons. The summed E-state index contributed by atoms with van der Waals surface area (Å²) in [5, 5.41) is 2.46. The molecule has 0 atom stereocenters. The number of carbonyl (C=O) groups is 2. The van der Waals surface area contributed by atoms with Gasteiger partial charge in [-0.25, -0.2) is 4.79 Å². The smallest absolute Gasteiger partial charge is 0.416 e. The van der Waals surface area contributed by atoms with Crippen molar-refractivity contribution in [3.8, 4) is 5.75 Å². The molecule has 0 aromatic heterocycles. The molecule has 1 aliphatic heterocycles. The summed E-state index contributed by atoms with van der Waals surface area (Å²) in [5.41, 5.74) is -0.250. The van der Waals surface area contributed by atoms with Gasteiger partial charge in [0.2, 0.25) is 0 Å². The maximum atomic E-state index is 13.0. The lowest BCUT2D eigenvalue weighted by Crippen LogP contribution is -2.18. The highest BCUT2D eigenvalue weighted by atomic mass is 32.2. The van der Waals surface area contributed by atoms with Crippen molar-refractivity contribution in [2.24, 2.45) is 0 Å². The molecule has 2 rings (SSSR count). The number of rotatable bonds is 5. The number of nitrogens with one attached hydrogen (secondary N) is 1. The fraction of sp³-hybridized carbons (Fsp3) is 0.235. The Labute approximate surface area is 162 Å². The van der Waals surface area contributed by atoms with Gasteiger partial charge in [-0.1, -0.05) is 36.1 Å². The quantitative estimate of drug-likeness (QED) is 0.448. The van der Waals surface area contributed by atoms with Crippen LogP contribution in [0.2, 0.25) is 0 Å². The van der Waals surface area contributed by atoms with Crippen molar-refractivity contribution in [3.63, 3.8) is 0 Å². The maximum Gasteiger partial charge on any atom is 0.416 e. The van der Waals surface area contributed by atoms with E-state index in [4.69, 9.17) is 17.0 Å². The number of alkyl halides is 3. The van der Waals surface area contributed by atoms with Gasteiger partial charge in [-0.2, -0.15) is 13.2 Å². The second kappa shape index (κ2) is 8.57. The minimum absolute atomic E-state index is 0.0708. The summed E-state index contributed by atoms with van der Waals surface area (Å²) in [6, 6.07) is 2.88. The number of allylic oxidation sites excluding steroid dienone is 2. The number of methoxy groups -OCH3 is 1. The SMILES string of the molecule is COC(=O)COc1ccc(C(F)(F)F)cc1C=CC(C)=C1SC(=S)NC1=O. The predicted octanol–water partition coefficient (Wildman–Crippen LogP) is 3.69. The number of thiocarbonyl (C=S) groups is 1. The maximum absolute atomic E-state index is 13.0. The number of ether oxygens (including phenoxy) is 2. The van der Waals surface area contributed by atoms with E-state index in [2.05, 4.69) is 10.1 Å². The van der Waals surface area contributed by atoms with Gasteiger partial charge >= 0.3 is 12.1 Å². The van der Waals surface area contributed by atoms with Crippen LogP contribution in [0.3, 0.4) is 0 Å². The van der Waals surface area contributed by atoms with E-state index in [-0.39, 0.29) is 17.2 Å². The van der Waals surface area contributed by atoms with Crippen LogP contribution in [0.5, 0.6) is 5.75 Å². The van der Waals surface area contributed by atoms with Gasteiger partial charge in [0.1, 0.15) is 10.1 Å². The molecule has 0 unspecified atom stereocenters. The molecule has 0 aliphatic carbocycles. The number of hydrogen-bond acceptors (Lipinski definition) is 6. The molecule has 5 nitrogen and oxygen atoms in total. The molecule has 1 amide bonds. The van der Waals surface area contributed by atoms with Gasteiger partial charge in [0.15, 0.2) is 6.61 Å². The number of thioether (sulfide) groups is 1. The molecule has 1 aromatic rings. The highest BCUT2D eigenvalue weighted by Gasteiger charge is 2.31. The van der Waals surface area contributed by atoms with Crippen LogP contribution in [-0.4, -0.2) is 29.9 Å². The molecular weight excluding hydrogens is 403 g/mol. The van der Waals surface area contributed by atoms with Crippen LogP contribution < -0.4 is 10.1 Å². The zero-order valence-corrected chi connectivity index (χ0v) is 15.8. The van der Waals surface area contributed by atoms with Crippen LogP contribution in [-0.2, 0) is 20.5 Å². The molecule has 0 spiro atoms. The number of halogens is 3. The first-order valence-electron chi connectivity index (χ1n) is 7.45. The zero-order chi connectivity index (χ0) is 20.2.